The van der Waals surface area contributed by atoms with Gasteiger partial charge in [0, 0.05) is 24.2 Å². The van der Waals surface area contributed by atoms with Crippen LogP contribution >= 0.6 is 0 Å². The molecule has 0 aromatic heterocycles. The molecule has 1 unspecified atom stereocenters. The molecule has 0 aromatic rings. The minimum atomic E-state index is -2.60. The molecule has 0 saturated carbocycles. The summed E-state index contributed by atoms with van der Waals surface area (Å²) in [5, 5.41) is 39.0. The lowest BCUT2D eigenvalue weighted by atomic mass is 9.87. The standard InChI is InChI=1S/C20H34O6/c1-2-3-6-9-15(21)12-13-18-16(17(22)14-20(25)26-18)10-7-4-5-8-11-19(23)24/h4,7,12-13,15-18,20-22,25H,2-3,5-6,8-11,14H2,1H3,(H,23,24)/t15-,16-,17-,18+,20?/m0/s1/i5D2,8D2. The van der Waals surface area contributed by atoms with Crippen molar-refractivity contribution in [3.8, 4) is 0 Å². The molecule has 1 fully saturated rings. The number of carboxylic acids is 1. The number of allylic oxidation sites excluding steroid dienone is 2. The fraction of sp³-hybridized carbons (Fsp3) is 0.750. The number of ether oxygens (including phenoxy) is 1. The van der Waals surface area contributed by atoms with Crippen LogP contribution in [0.2, 0.25) is 0 Å². The van der Waals surface area contributed by atoms with Crippen LogP contribution in [0.1, 0.15) is 70.1 Å². The summed E-state index contributed by atoms with van der Waals surface area (Å²) < 4.78 is 36.5. The monoisotopic (exact) mass is 374 g/mol. The largest absolute Gasteiger partial charge is 0.481 e. The molecule has 0 amide bonds. The second-order valence-electron chi connectivity index (χ2n) is 6.50. The van der Waals surface area contributed by atoms with E-state index in [4.69, 9.17) is 15.3 Å². The molecule has 4 N–H and O–H groups in total. The van der Waals surface area contributed by atoms with E-state index >= 15 is 0 Å². The maximum absolute atomic E-state index is 10.8. The highest BCUT2D eigenvalue weighted by Gasteiger charge is 2.35. The molecule has 150 valence electrons. The first-order valence-electron chi connectivity index (χ1n) is 11.2. The van der Waals surface area contributed by atoms with Gasteiger partial charge in [0.2, 0.25) is 0 Å². The van der Waals surface area contributed by atoms with Crippen LogP contribution in [-0.2, 0) is 9.53 Å². The topological polar surface area (TPSA) is 107 Å². The normalized spacial score (nSPS) is 31.4. The summed E-state index contributed by atoms with van der Waals surface area (Å²) in [4.78, 5) is 10.8. The number of aliphatic carboxylic acids is 1. The van der Waals surface area contributed by atoms with Gasteiger partial charge in [-0.05, 0) is 25.6 Å². The molecule has 1 saturated heterocycles. The van der Waals surface area contributed by atoms with Crippen LogP contribution in [0, 0.1) is 5.92 Å². The number of unbranched alkanes of at least 4 members (excludes halogenated alkanes) is 2. The Bertz CT molecular complexity index is 596. The number of rotatable bonds is 12. The summed E-state index contributed by atoms with van der Waals surface area (Å²) >= 11 is 0. The average Bonchev–Trinajstić information content (AvgIpc) is 2.60. The zero-order valence-corrected chi connectivity index (χ0v) is 15.3. The van der Waals surface area contributed by atoms with Crippen molar-refractivity contribution < 1.29 is 35.4 Å². The molecule has 6 heteroatoms. The van der Waals surface area contributed by atoms with Gasteiger partial charge >= 0.3 is 5.97 Å². The second-order valence-corrected chi connectivity index (χ2v) is 6.50. The molecule has 0 bridgehead atoms. The maximum Gasteiger partial charge on any atom is 0.303 e. The van der Waals surface area contributed by atoms with Crippen molar-refractivity contribution >= 4 is 5.97 Å². The molecule has 1 aliphatic heterocycles. The van der Waals surface area contributed by atoms with E-state index in [9.17, 15) is 20.1 Å². The van der Waals surface area contributed by atoms with Gasteiger partial charge in [0.15, 0.2) is 6.29 Å². The molecular formula is C20H34O6. The van der Waals surface area contributed by atoms with Crippen molar-refractivity contribution in [2.24, 2.45) is 5.92 Å². The third kappa shape index (κ3) is 9.48. The Balaban J connectivity index is 2.82. The molecule has 1 aliphatic rings. The lowest BCUT2D eigenvalue weighted by Crippen LogP contribution is -2.43. The summed E-state index contributed by atoms with van der Waals surface area (Å²) in [5.41, 5.74) is 0. The number of aliphatic hydroxyl groups is 3. The van der Waals surface area contributed by atoms with E-state index in [1.54, 1.807) is 12.2 Å². The third-order valence-electron chi connectivity index (χ3n) is 4.25. The van der Waals surface area contributed by atoms with Crippen molar-refractivity contribution in [3.63, 3.8) is 0 Å². The number of carbonyl (C=O) groups is 1. The zero-order valence-electron chi connectivity index (χ0n) is 19.3. The lowest BCUT2D eigenvalue weighted by molar-refractivity contribution is -0.199. The predicted octanol–water partition coefficient (Wildman–Crippen LogP) is 2.77. The summed E-state index contributed by atoms with van der Waals surface area (Å²) in [5.74, 6) is -1.98. The first-order valence-corrected chi connectivity index (χ1v) is 9.17. The van der Waals surface area contributed by atoms with E-state index in [2.05, 4.69) is 6.92 Å². The Morgan fingerprint density at radius 3 is 2.81 bits per heavy atom. The summed E-state index contributed by atoms with van der Waals surface area (Å²) in [6.45, 7) is 2.06. The predicted molar refractivity (Wildman–Crippen MR) is 99.5 cm³/mol. The van der Waals surface area contributed by atoms with Crippen LogP contribution in [0.5, 0.6) is 0 Å². The average molecular weight is 375 g/mol. The first-order chi connectivity index (χ1) is 13.9. The minimum Gasteiger partial charge on any atom is -0.481 e. The number of carboxylic acid groups (broad SMARTS) is 1. The molecule has 1 heterocycles. The van der Waals surface area contributed by atoms with E-state index < -0.39 is 55.7 Å². The Hall–Kier alpha value is -1.21. The Kier molecular flexibility index (Phi) is 8.49. The molecule has 0 radical (unpaired) electrons. The van der Waals surface area contributed by atoms with E-state index in [0.29, 0.717) is 6.42 Å². The van der Waals surface area contributed by atoms with Gasteiger partial charge in [0.1, 0.15) is 0 Å². The van der Waals surface area contributed by atoms with Gasteiger partial charge in [-0.1, -0.05) is 50.5 Å². The SMILES string of the molecule is [2H]C([2H])(C=CC[C@H]1[C@@H](O)CC(O)O[C@@H]1C=C[C@@H](O)CCCCC)C([2H])([2H])CC(=O)O. The molecule has 5 atom stereocenters. The lowest BCUT2D eigenvalue weighted by Gasteiger charge is -2.36. The van der Waals surface area contributed by atoms with Crippen LogP contribution in [0.15, 0.2) is 24.3 Å². The van der Waals surface area contributed by atoms with E-state index in [-0.39, 0.29) is 12.8 Å². The van der Waals surface area contributed by atoms with E-state index in [1.165, 1.54) is 6.08 Å². The van der Waals surface area contributed by atoms with Crippen LogP contribution in [-0.4, -0.2) is 51.0 Å². The van der Waals surface area contributed by atoms with Gasteiger partial charge in [-0.25, -0.2) is 0 Å². The molecule has 0 spiro atoms. The van der Waals surface area contributed by atoms with Gasteiger partial charge in [-0.2, -0.15) is 0 Å². The highest BCUT2D eigenvalue weighted by molar-refractivity contribution is 5.66. The first kappa shape index (κ1) is 16.9. The van der Waals surface area contributed by atoms with Crippen molar-refractivity contribution in [1.82, 2.24) is 0 Å². The molecule has 26 heavy (non-hydrogen) atoms. The summed E-state index contributed by atoms with van der Waals surface area (Å²) in [6, 6.07) is 0. The quantitative estimate of drug-likeness (QED) is 0.309. The summed E-state index contributed by atoms with van der Waals surface area (Å²) in [7, 11) is 0. The molecule has 6 nitrogen and oxygen atoms in total. The highest BCUT2D eigenvalue weighted by atomic mass is 16.6. The Morgan fingerprint density at radius 2 is 2.12 bits per heavy atom. The van der Waals surface area contributed by atoms with Crippen LogP contribution in [0.3, 0.4) is 0 Å². The minimum absolute atomic E-state index is 0.0192. The molecule has 0 aromatic carbocycles. The fourth-order valence-electron chi connectivity index (χ4n) is 2.82. The molecular weight excluding hydrogens is 336 g/mol. The van der Waals surface area contributed by atoms with E-state index in [0.717, 1.165) is 25.3 Å². The van der Waals surface area contributed by atoms with Crippen LogP contribution < -0.4 is 0 Å². The van der Waals surface area contributed by atoms with E-state index in [1.807, 2.05) is 0 Å². The van der Waals surface area contributed by atoms with Gasteiger partial charge < -0.3 is 25.2 Å². The molecule has 0 aliphatic carbocycles. The number of aliphatic hydroxyl groups excluding tert-OH is 3. The summed E-state index contributed by atoms with van der Waals surface area (Å²) in [6.07, 6.45) is -0.520. The van der Waals surface area contributed by atoms with Crippen LogP contribution in [0.4, 0.5) is 0 Å². The van der Waals surface area contributed by atoms with Crippen molar-refractivity contribution in [2.75, 3.05) is 0 Å². The smallest absolute Gasteiger partial charge is 0.303 e. The third-order valence-corrected chi connectivity index (χ3v) is 4.25. The maximum atomic E-state index is 10.8. The van der Waals surface area contributed by atoms with Crippen molar-refractivity contribution in [3.05, 3.63) is 24.3 Å². The van der Waals surface area contributed by atoms with Gasteiger partial charge in [0.25, 0.3) is 0 Å². The highest BCUT2D eigenvalue weighted by Crippen LogP contribution is 2.29. The zero-order chi connectivity index (χ0) is 22.9. The molecule has 1 rings (SSSR count). The van der Waals surface area contributed by atoms with Gasteiger partial charge in [0.05, 0.1) is 18.3 Å². The van der Waals surface area contributed by atoms with Gasteiger partial charge in [-0.3, -0.25) is 4.79 Å². The van der Waals surface area contributed by atoms with Crippen molar-refractivity contribution in [1.29, 1.82) is 0 Å². The van der Waals surface area contributed by atoms with Crippen LogP contribution in [0.25, 0.3) is 0 Å². The second kappa shape index (κ2) is 13.0. The van der Waals surface area contributed by atoms with Crippen molar-refractivity contribution in [2.45, 2.75) is 89.2 Å². The number of hydrogen-bond acceptors (Lipinski definition) is 5. The Morgan fingerprint density at radius 1 is 1.35 bits per heavy atom. The number of hydrogen-bond donors (Lipinski definition) is 4. The fourth-order valence-corrected chi connectivity index (χ4v) is 2.82. The Labute approximate surface area is 161 Å². The van der Waals surface area contributed by atoms with Gasteiger partial charge in [-0.15, -0.1) is 0 Å².